The van der Waals surface area contributed by atoms with Gasteiger partial charge in [0.15, 0.2) is 11.5 Å². The van der Waals surface area contributed by atoms with E-state index in [1.807, 2.05) is 25.3 Å². The first-order chi connectivity index (χ1) is 14.0. The summed E-state index contributed by atoms with van der Waals surface area (Å²) in [5.41, 5.74) is 3.19. The van der Waals surface area contributed by atoms with Gasteiger partial charge in [-0.2, -0.15) is 0 Å². The monoisotopic (exact) mass is 391 g/mol. The molecule has 1 N–H and O–H groups in total. The van der Waals surface area contributed by atoms with Gasteiger partial charge < -0.3 is 9.72 Å². The van der Waals surface area contributed by atoms with Gasteiger partial charge in [0.2, 0.25) is 0 Å². The zero-order valence-electron chi connectivity index (χ0n) is 16.4. The molecule has 148 valence electrons. The molecule has 3 aromatic heterocycles. The highest BCUT2D eigenvalue weighted by Crippen LogP contribution is 2.26. The topological polar surface area (TPSA) is 64.2 Å². The molecule has 0 aliphatic carbocycles. The molecule has 1 aliphatic rings. The summed E-state index contributed by atoms with van der Waals surface area (Å²) in [6.45, 7) is 4.87. The van der Waals surface area contributed by atoms with Crippen LogP contribution in [0.15, 0.2) is 47.8 Å². The van der Waals surface area contributed by atoms with Crippen LogP contribution in [0.3, 0.4) is 0 Å². The average molecular weight is 391 g/mol. The van der Waals surface area contributed by atoms with Crippen LogP contribution in [0.4, 0.5) is 4.39 Å². The predicted molar refractivity (Wildman–Crippen MR) is 111 cm³/mol. The van der Waals surface area contributed by atoms with Crippen molar-refractivity contribution in [2.45, 2.75) is 38.8 Å². The molecule has 1 aliphatic heterocycles. The summed E-state index contributed by atoms with van der Waals surface area (Å²) in [7, 11) is 0. The number of aryl methyl sites for hydroxylation is 1. The van der Waals surface area contributed by atoms with Crippen LogP contribution < -0.4 is 10.9 Å². The third kappa shape index (κ3) is 3.11. The molecule has 0 bridgehead atoms. The van der Waals surface area contributed by atoms with Crippen LogP contribution in [-0.4, -0.2) is 31.5 Å². The third-order valence-electron chi connectivity index (χ3n) is 5.73. The van der Waals surface area contributed by atoms with Crippen LogP contribution in [0.2, 0.25) is 0 Å². The molecular formula is C22H22FN5O. The van der Waals surface area contributed by atoms with E-state index in [0.717, 1.165) is 30.6 Å². The molecule has 6 nitrogen and oxygen atoms in total. The summed E-state index contributed by atoms with van der Waals surface area (Å²) in [5, 5.41) is 4.00. The van der Waals surface area contributed by atoms with Gasteiger partial charge in [0.25, 0.3) is 5.56 Å². The molecule has 0 saturated carbocycles. The lowest BCUT2D eigenvalue weighted by molar-refractivity contribution is 0.307. The van der Waals surface area contributed by atoms with Crippen LogP contribution in [0, 0.1) is 12.7 Å². The molecule has 1 saturated heterocycles. The highest BCUT2D eigenvalue weighted by molar-refractivity contribution is 5.83. The summed E-state index contributed by atoms with van der Waals surface area (Å²) in [5.74, 6) is -0.376. The van der Waals surface area contributed by atoms with Gasteiger partial charge in [-0.05, 0) is 57.0 Å². The second kappa shape index (κ2) is 6.77. The Hall–Kier alpha value is -3.06. The summed E-state index contributed by atoms with van der Waals surface area (Å²) in [6, 6.07) is 7.51. The number of aromatic nitrogens is 4. The Balaban J connectivity index is 1.58. The highest BCUT2D eigenvalue weighted by atomic mass is 19.1. The molecular weight excluding hydrogens is 369 g/mol. The van der Waals surface area contributed by atoms with E-state index >= 15 is 0 Å². The minimum atomic E-state index is -0.376. The van der Waals surface area contributed by atoms with Crippen molar-refractivity contribution in [3.63, 3.8) is 0 Å². The Morgan fingerprint density at radius 1 is 1.21 bits per heavy atom. The normalized spacial score (nSPS) is 19.8. The fourth-order valence-corrected chi connectivity index (χ4v) is 4.27. The van der Waals surface area contributed by atoms with E-state index < -0.39 is 0 Å². The standard InChI is InChI=1S/C22H22FN5O/c1-13-7-17(5-6-24-13)28-12-25-20-9-15(3-4-18(20)22(28)29)16-8-19(23)21-26-14(2)10-27(21)11-16/h3-4,8-13,17,24H,5-7H2,1-2H3/t13-,17+/m0/s1. The number of hydrogen-bond donors (Lipinski definition) is 1. The molecule has 7 heteroatoms. The first-order valence-electron chi connectivity index (χ1n) is 9.89. The molecule has 5 rings (SSSR count). The largest absolute Gasteiger partial charge is 0.314 e. The van der Waals surface area contributed by atoms with E-state index in [-0.39, 0.29) is 17.4 Å². The summed E-state index contributed by atoms with van der Waals surface area (Å²) >= 11 is 0. The van der Waals surface area contributed by atoms with Crippen LogP contribution >= 0.6 is 0 Å². The summed E-state index contributed by atoms with van der Waals surface area (Å²) in [4.78, 5) is 21.8. The smallest absolute Gasteiger partial charge is 0.261 e. The van der Waals surface area contributed by atoms with E-state index in [2.05, 4.69) is 22.2 Å². The lowest BCUT2D eigenvalue weighted by atomic mass is 10.00. The maximum absolute atomic E-state index is 14.5. The fraction of sp³-hybridized carbons (Fsp3) is 0.318. The molecule has 0 unspecified atom stereocenters. The zero-order chi connectivity index (χ0) is 20.1. The quantitative estimate of drug-likeness (QED) is 0.568. The molecule has 1 fully saturated rings. The Morgan fingerprint density at radius 2 is 2.07 bits per heavy atom. The predicted octanol–water partition coefficient (Wildman–Crippen LogP) is 3.47. The first-order valence-corrected chi connectivity index (χ1v) is 9.89. The second-order valence-electron chi connectivity index (χ2n) is 7.91. The number of fused-ring (bicyclic) bond motifs is 2. The van der Waals surface area contributed by atoms with Crippen LogP contribution in [0.1, 0.15) is 31.5 Å². The van der Waals surface area contributed by atoms with Gasteiger partial charge in [-0.25, -0.2) is 14.4 Å². The van der Waals surface area contributed by atoms with Crippen molar-refractivity contribution < 1.29 is 4.39 Å². The number of halogens is 1. The van der Waals surface area contributed by atoms with Crippen molar-refractivity contribution in [3.8, 4) is 11.1 Å². The minimum absolute atomic E-state index is 0.0208. The Kier molecular flexibility index (Phi) is 4.20. The number of nitrogens with one attached hydrogen (secondary N) is 1. The number of imidazole rings is 1. The molecule has 0 radical (unpaired) electrons. The van der Waals surface area contributed by atoms with Crippen molar-refractivity contribution in [2.24, 2.45) is 0 Å². The average Bonchev–Trinajstić information content (AvgIpc) is 3.09. The van der Waals surface area contributed by atoms with Gasteiger partial charge in [-0.1, -0.05) is 6.07 Å². The van der Waals surface area contributed by atoms with Crippen molar-refractivity contribution in [1.82, 2.24) is 24.3 Å². The second-order valence-corrected chi connectivity index (χ2v) is 7.91. The van der Waals surface area contributed by atoms with Crippen molar-refractivity contribution in [1.29, 1.82) is 0 Å². The maximum Gasteiger partial charge on any atom is 0.261 e. The number of pyridine rings is 1. The molecule has 0 spiro atoms. The Bertz CT molecular complexity index is 1290. The summed E-state index contributed by atoms with van der Waals surface area (Å²) < 4.78 is 17.9. The van der Waals surface area contributed by atoms with Crippen molar-refractivity contribution in [2.75, 3.05) is 6.54 Å². The van der Waals surface area contributed by atoms with E-state index in [0.29, 0.717) is 28.2 Å². The van der Waals surface area contributed by atoms with E-state index in [1.54, 1.807) is 27.6 Å². The molecule has 1 aromatic carbocycles. The highest BCUT2D eigenvalue weighted by Gasteiger charge is 2.21. The Morgan fingerprint density at radius 3 is 2.90 bits per heavy atom. The molecule has 0 amide bonds. The summed E-state index contributed by atoms with van der Waals surface area (Å²) in [6.07, 6.45) is 7.12. The van der Waals surface area contributed by atoms with Crippen LogP contribution in [-0.2, 0) is 0 Å². The van der Waals surface area contributed by atoms with Gasteiger partial charge in [0.05, 0.1) is 22.9 Å². The van der Waals surface area contributed by atoms with Gasteiger partial charge in [0.1, 0.15) is 0 Å². The van der Waals surface area contributed by atoms with Crippen LogP contribution in [0.5, 0.6) is 0 Å². The van der Waals surface area contributed by atoms with Crippen molar-refractivity contribution >= 4 is 16.6 Å². The number of nitrogens with zero attached hydrogens (tertiary/aromatic N) is 4. The lowest BCUT2D eigenvalue weighted by Crippen LogP contribution is -2.39. The number of benzene rings is 1. The van der Waals surface area contributed by atoms with Gasteiger partial charge in [-0.3, -0.25) is 9.36 Å². The number of rotatable bonds is 2. The van der Waals surface area contributed by atoms with Crippen LogP contribution in [0.25, 0.3) is 27.7 Å². The Labute approximate surface area is 167 Å². The molecule has 4 aromatic rings. The van der Waals surface area contributed by atoms with E-state index in [4.69, 9.17) is 0 Å². The van der Waals surface area contributed by atoms with Gasteiger partial charge >= 0.3 is 0 Å². The van der Waals surface area contributed by atoms with E-state index in [9.17, 15) is 9.18 Å². The van der Waals surface area contributed by atoms with Gasteiger partial charge in [0, 0.05) is 30.0 Å². The number of hydrogen-bond acceptors (Lipinski definition) is 4. The third-order valence-corrected chi connectivity index (χ3v) is 5.73. The molecule has 29 heavy (non-hydrogen) atoms. The van der Waals surface area contributed by atoms with Crippen molar-refractivity contribution in [3.05, 3.63) is 64.9 Å². The van der Waals surface area contributed by atoms with Gasteiger partial charge in [-0.15, -0.1) is 0 Å². The lowest BCUT2D eigenvalue weighted by Gasteiger charge is -2.29. The fourth-order valence-electron chi connectivity index (χ4n) is 4.27. The zero-order valence-corrected chi connectivity index (χ0v) is 16.4. The minimum Gasteiger partial charge on any atom is -0.314 e. The first kappa shape index (κ1) is 18.0. The van der Waals surface area contributed by atoms with E-state index in [1.165, 1.54) is 6.07 Å². The number of piperidine rings is 1. The molecule has 4 heterocycles. The SMILES string of the molecule is Cc1cn2cc(-c3ccc4c(=O)n([C@@H]5CCN[C@@H](C)C5)cnc4c3)cc(F)c2n1. The molecule has 2 atom stereocenters. The maximum atomic E-state index is 14.5.